The van der Waals surface area contributed by atoms with E-state index in [2.05, 4.69) is 18.7 Å². The molecule has 1 heterocycles. The Morgan fingerprint density at radius 2 is 1.67 bits per heavy atom. The van der Waals surface area contributed by atoms with Crippen molar-refractivity contribution in [3.8, 4) is 0 Å². The van der Waals surface area contributed by atoms with Gasteiger partial charge in [0, 0.05) is 45.6 Å². The monoisotopic (exact) mass is 298 g/mol. The van der Waals surface area contributed by atoms with Crippen LogP contribution < -0.4 is 0 Å². The minimum atomic E-state index is -0.447. The molecule has 5 heteroatoms. The van der Waals surface area contributed by atoms with Crippen LogP contribution in [0.1, 0.15) is 47.5 Å². The fourth-order valence-corrected chi connectivity index (χ4v) is 2.32. The van der Waals surface area contributed by atoms with Gasteiger partial charge in [0.15, 0.2) is 0 Å². The van der Waals surface area contributed by atoms with Crippen LogP contribution >= 0.6 is 0 Å². The molecular formula is C16H30N2O3. The molecule has 0 saturated carbocycles. The first kappa shape index (κ1) is 18.0. The SMILES string of the molecule is CC(C)CC(=O)CCN1CCN(C(=O)OC(C)(C)C)CC1. The van der Waals surface area contributed by atoms with E-state index in [0.717, 1.165) is 19.6 Å². The Hall–Kier alpha value is -1.10. The maximum atomic E-state index is 11.9. The molecule has 1 amide bonds. The number of nitrogens with zero attached hydrogens (tertiary/aromatic N) is 2. The molecule has 0 atom stereocenters. The van der Waals surface area contributed by atoms with E-state index in [1.807, 2.05) is 20.8 Å². The van der Waals surface area contributed by atoms with E-state index in [4.69, 9.17) is 4.74 Å². The molecule has 21 heavy (non-hydrogen) atoms. The summed E-state index contributed by atoms with van der Waals surface area (Å²) in [5, 5.41) is 0. The maximum Gasteiger partial charge on any atom is 0.410 e. The van der Waals surface area contributed by atoms with E-state index in [1.165, 1.54) is 0 Å². The predicted octanol–water partition coefficient (Wildman–Crippen LogP) is 2.54. The van der Waals surface area contributed by atoms with Crippen molar-refractivity contribution in [3.63, 3.8) is 0 Å². The zero-order chi connectivity index (χ0) is 16.0. The van der Waals surface area contributed by atoms with Crippen molar-refractivity contribution in [2.24, 2.45) is 5.92 Å². The molecule has 122 valence electrons. The average Bonchev–Trinajstić information content (AvgIpc) is 2.34. The van der Waals surface area contributed by atoms with Gasteiger partial charge in [-0.05, 0) is 26.7 Å². The number of ether oxygens (including phenoxy) is 1. The summed E-state index contributed by atoms with van der Waals surface area (Å²) in [4.78, 5) is 27.6. The first-order valence-electron chi connectivity index (χ1n) is 7.89. The van der Waals surface area contributed by atoms with Crippen LogP contribution in [0.4, 0.5) is 4.79 Å². The molecule has 1 rings (SSSR count). The highest BCUT2D eigenvalue weighted by Gasteiger charge is 2.25. The number of hydrogen-bond donors (Lipinski definition) is 0. The summed E-state index contributed by atoms with van der Waals surface area (Å²) in [7, 11) is 0. The lowest BCUT2D eigenvalue weighted by molar-refractivity contribution is -0.120. The zero-order valence-electron chi connectivity index (χ0n) is 14.1. The maximum absolute atomic E-state index is 11.9. The quantitative estimate of drug-likeness (QED) is 0.782. The Morgan fingerprint density at radius 1 is 1.10 bits per heavy atom. The Kier molecular flexibility index (Phi) is 6.65. The number of amides is 1. The summed E-state index contributed by atoms with van der Waals surface area (Å²) in [5.41, 5.74) is -0.447. The summed E-state index contributed by atoms with van der Waals surface area (Å²) in [6.07, 6.45) is 1.04. The highest BCUT2D eigenvalue weighted by molar-refractivity contribution is 5.78. The van der Waals surface area contributed by atoms with E-state index in [9.17, 15) is 9.59 Å². The molecule has 0 aromatic heterocycles. The smallest absolute Gasteiger partial charge is 0.410 e. The molecular weight excluding hydrogens is 268 g/mol. The van der Waals surface area contributed by atoms with Crippen LogP contribution in [0.15, 0.2) is 0 Å². The van der Waals surface area contributed by atoms with Crippen LogP contribution in [-0.2, 0) is 9.53 Å². The lowest BCUT2D eigenvalue weighted by Gasteiger charge is -2.35. The van der Waals surface area contributed by atoms with Crippen LogP contribution in [0.25, 0.3) is 0 Å². The van der Waals surface area contributed by atoms with Gasteiger partial charge in [0.05, 0.1) is 0 Å². The lowest BCUT2D eigenvalue weighted by atomic mass is 10.1. The van der Waals surface area contributed by atoms with Gasteiger partial charge in [0.2, 0.25) is 0 Å². The predicted molar refractivity (Wildman–Crippen MR) is 83.3 cm³/mol. The first-order chi connectivity index (χ1) is 9.67. The molecule has 0 unspecified atom stereocenters. The van der Waals surface area contributed by atoms with Crippen molar-refractivity contribution in [1.82, 2.24) is 9.80 Å². The van der Waals surface area contributed by atoms with E-state index in [-0.39, 0.29) is 6.09 Å². The molecule has 1 saturated heterocycles. The van der Waals surface area contributed by atoms with Crippen LogP contribution in [0.3, 0.4) is 0 Å². The summed E-state index contributed by atoms with van der Waals surface area (Å²) < 4.78 is 5.37. The molecule has 0 bridgehead atoms. The second-order valence-corrected chi connectivity index (χ2v) is 7.20. The molecule has 1 aliphatic rings. The van der Waals surface area contributed by atoms with Gasteiger partial charge in [-0.15, -0.1) is 0 Å². The van der Waals surface area contributed by atoms with E-state index >= 15 is 0 Å². The average molecular weight is 298 g/mol. The Balaban J connectivity index is 2.26. The fourth-order valence-electron chi connectivity index (χ4n) is 2.32. The molecule has 1 aliphatic heterocycles. The summed E-state index contributed by atoms with van der Waals surface area (Å²) in [6.45, 7) is 13.5. The Labute approximate surface area is 128 Å². The minimum Gasteiger partial charge on any atom is -0.444 e. The molecule has 0 aromatic rings. The molecule has 0 N–H and O–H groups in total. The number of ketones is 1. The van der Waals surface area contributed by atoms with Gasteiger partial charge in [-0.1, -0.05) is 13.8 Å². The summed E-state index contributed by atoms with van der Waals surface area (Å²) >= 11 is 0. The van der Waals surface area contributed by atoms with Crippen molar-refractivity contribution < 1.29 is 14.3 Å². The number of carbonyl (C=O) groups is 2. The molecule has 0 radical (unpaired) electrons. The van der Waals surface area contributed by atoms with Crippen molar-refractivity contribution in [2.45, 2.75) is 53.1 Å². The Bertz CT molecular complexity index is 353. The molecule has 5 nitrogen and oxygen atoms in total. The van der Waals surface area contributed by atoms with E-state index in [0.29, 0.717) is 37.6 Å². The molecule has 0 spiro atoms. The van der Waals surface area contributed by atoms with Gasteiger partial charge >= 0.3 is 6.09 Å². The molecule has 0 aromatic carbocycles. The van der Waals surface area contributed by atoms with Gasteiger partial charge in [-0.2, -0.15) is 0 Å². The van der Waals surface area contributed by atoms with Gasteiger partial charge in [0.1, 0.15) is 11.4 Å². The van der Waals surface area contributed by atoms with E-state index < -0.39 is 5.60 Å². The standard InChI is InChI=1S/C16H30N2O3/c1-13(2)12-14(19)6-7-17-8-10-18(11-9-17)15(20)21-16(3,4)5/h13H,6-12H2,1-5H3. The summed E-state index contributed by atoms with van der Waals surface area (Å²) in [5.74, 6) is 0.765. The van der Waals surface area contributed by atoms with Crippen LogP contribution in [0, 0.1) is 5.92 Å². The summed E-state index contributed by atoms with van der Waals surface area (Å²) in [6, 6.07) is 0. The molecule has 0 aliphatic carbocycles. The first-order valence-corrected chi connectivity index (χ1v) is 7.89. The number of Topliss-reactive ketones (excluding diaryl/α,β-unsaturated/α-hetero) is 1. The lowest BCUT2D eigenvalue weighted by Crippen LogP contribution is -2.50. The third-order valence-electron chi connectivity index (χ3n) is 3.37. The van der Waals surface area contributed by atoms with Gasteiger partial charge in [-0.3, -0.25) is 9.69 Å². The number of rotatable bonds is 5. The third kappa shape index (κ3) is 7.46. The van der Waals surface area contributed by atoms with Crippen LogP contribution in [0.5, 0.6) is 0 Å². The normalized spacial score (nSPS) is 17.1. The zero-order valence-corrected chi connectivity index (χ0v) is 14.1. The van der Waals surface area contributed by atoms with Crippen molar-refractivity contribution in [1.29, 1.82) is 0 Å². The van der Waals surface area contributed by atoms with Gasteiger partial charge in [0.25, 0.3) is 0 Å². The molecule has 1 fully saturated rings. The number of piperazine rings is 1. The second-order valence-electron chi connectivity index (χ2n) is 7.20. The van der Waals surface area contributed by atoms with Gasteiger partial charge in [-0.25, -0.2) is 4.79 Å². The third-order valence-corrected chi connectivity index (χ3v) is 3.37. The minimum absolute atomic E-state index is 0.238. The highest BCUT2D eigenvalue weighted by Crippen LogP contribution is 2.12. The Morgan fingerprint density at radius 3 is 2.14 bits per heavy atom. The number of carbonyl (C=O) groups excluding carboxylic acids is 2. The fraction of sp³-hybridized carbons (Fsp3) is 0.875. The van der Waals surface area contributed by atoms with Crippen LogP contribution in [-0.4, -0.2) is 60.0 Å². The van der Waals surface area contributed by atoms with Crippen LogP contribution in [0.2, 0.25) is 0 Å². The largest absolute Gasteiger partial charge is 0.444 e. The number of hydrogen-bond acceptors (Lipinski definition) is 4. The van der Waals surface area contributed by atoms with Gasteiger partial charge < -0.3 is 9.64 Å². The van der Waals surface area contributed by atoms with Crippen molar-refractivity contribution >= 4 is 11.9 Å². The second kappa shape index (κ2) is 7.78. The van der Waals surface area contributed by atoms with Crippen molar-refractivity contribution in [3.05, 3.63) is 0 Å². The topological polar surface area (TPSA) is 49.9 Å². The van der Waals surface area contributed by atoms with Crippen molar-refractivity contribution in [2.75, 3.05) is 32.7 Å². The highest BCUT2D eigenvalue weighted by atomic mass is 16.6. The van der Waals surface area contributed by atoms with E-state index in [1.54, 1.807) is 4.90 Å².